The normalized spacial score (nSPS) is 16.8. The minimum Gasteiger partial charge on any atom is -0.369 e. The van der Waals surface area contributed by atoms with E-state index in [4.69, 9.17) is 0 Å². The fourth-order valence-corrected chi connectivity index (χ4v) is 4.58. The summed E-state index contributed by atoms with van der Waals surface area (Å²) in [5.74, 6) is 0.417. The number of hydrogen-bond acceptors (Lipinski definition) is 4. The molecule has 1 aromatic rings. The van der Waals surface area contributed by atoms with Crippen LogP contribution in [0.5, 0.6) is 0 Å². The Morgan fingerprint density at radius 3 is 2.70 bits per heavy atom. The van der Waals surface area contributed by atoms with Crippen LogP contribution in [0.25, 0.3) is 0 Å². The van der Waals surface area contributed by atoms with Crippen molar-refractivity contribution in [2.75, 3.05) is 18.9 Å². The van der Waals surface area contributed by atoms with E-state index in [0.29, 0.717) is 16.8 Å². The van der Waals surface area contributed by atoms with Gasteiger partial charge in [0.1, 0.15) is 10.7 Å². The van der Waals surface area contributed by atoms with Crippen molar-refractivity contribution >= 4 is 31.8 Å². The molecule has 1 heterocycles. The van der Waals surface area contributed by atoms with Gasteiger partial charge in [-0.3, -0.25) is 0 Å². The molecule has 1 aromatic heterocycles. The lowest BCUT2D eigenvalue weighted by Crippen LogP contribution is -2.35. The smallest absolute Gasteiger partial charge is 0.246 e. The molecule has 2 rings (SSSR count). The number of pyridine rings is 1. The van der Waals surface area contributed by atoms with Crippen LogP contribution in [0.1, 0.15) is 32.6 Å². The van der Waals surface area contributed by atoms with Crippen molar-refractivity contribution in [2.24, 2.45) is 0 Å². The third kappa shape index (κ3) is 3.15. The zero-order valence-electron chi connectivity index (χ0n) is 11.8. The average molecular weight is 362 g/mol. The van der Waals surface area contributed by atoms with Crippen molar-refractivity contribution in [2.45, 2.75) is 43.5 Å². The first-order valence-corrected chi connectivity index (χ1v) is 9.07. The maximum Gasteiger partial charge on any atom is 0.246 e. The highest BCUT2D eigenvalue weighted by Gasteiger charge is 2.32. The van der Waals surface area contributed by atoms with Gasteiger partial charge in [-0.1, -0.05) is 12.8 Å². The predicted octanol–water partition coefficient (Wildman–Crippen LogP) is 2.84. The van der Waals surface area contributed by atoms with E-state index >= 15 is 0 Å². The molecule has 0 spiro atoms. The zero-order valence-corrected chi connectivity index (χ0v) is 14.2. The Bertz CT molecular complexity index is 571. The van der Waals surface area contributed by atoms with Gasteiger partial charge in [0.15, 0.2) is 0 Å². The molecule has 0 radical (unpaired) electrons. The van der Waals surface area contributed by atoms with Gasteiger partial charge in [-0.2, -0.15) is 4.31 Å². The van der Waals surface area contributed by atoms with Gasteiger partial charge in [-0.25, -0.2) is 13.4 Å². The molecule has 5 nitrogen and oxygen atoms in total. The molecule has 1 N–H and O–H groups in total. The summed E-state index contributed by atoms with van der Waals surface area (Å²) in [5, 5.41) is 3.02. The van der Waals surface area contributed by atoms with Gasteiger partial charge < -0.3 is 5.32 Å². The van der Waals surface area contributed by atoms with Gasteiger partial charge in [0.2, 0.25) is 10.0 Å². The first-order valence-electron chi connectivity index (χ1n) is 6.84. The highest BCUT2D eigenvalue weighted by molar-refractivity contribution is 9.10. The number of sulfonamides is 1. The van der Waals surface area contributed by atoms with Crippen LogP contribution in [0.15, 0.2) is 21.6 Å². The lowest BCUT2D eigenvalue weighted by atomic mass is 10.3. The van der Waals surface area contributed by atoms with E-state index in [1.165, 1.54) is 4.31 Å². The van der Waals surface area contributed by atoms with Crippen LogP contribution in [0.2, 0.25) is 0 Å². The van der Waals surface area contributed by atoms with Crippen LogP contribution in [-0.4, -0.2) is 37.3 Å². The van der Waals surface area contributed by atoms with Crippen LogP contribution in [0.3, 0.4) is 0 Å². The Morgan fingerprint density at radius 2 is 2.10 bits per heavy atom. The lowest BCUT2D eigenvalue weighted by Gasteiger charge is -2.24. The van der Waals surface area contributed by atoms with Crippen LogP contribution in [0.4, 0.5) is 5.82 Å². The van der Waals surface area contributed by atoms with Crippen LogP contribution < -0.4 is 5.32 Å². The topological polar surface area (TPSA) is 62.3 Å². The summed E-state index contributed by atoms with van der Waals surface area (Å²) in [6.07, 6.45) is 5.68. The number of rotatable bonds is 5. The third-order valence-electron chi connectivity index (χ3n) is 3.66. The Labute approximate surface area is 129 Å². The zero-order chi connectivity index (χ0) is 14.8. The summed E-state index contributed by atoms with van der Waals surface area (Å²) in [6, 6.07) is 1.72. The Morgan fingerprint density at radius 1 is 1.45 bits per heavy atom. The van der Waals surface area contributed by atoms with Gasteiger partial charge in [-0.05, 0) is 41.8 Å². The summed E-state index contributed by atoms with van der Waals surface area (Å²) in [7, 11) is -1.85. The monoisotopic (exact) mass is 361 g/mol. The standard InChI is InChI=1S/C13H20BrN3O2S/c1-3-15-13-12(8-10(14)9-16-13)20(18,19)17(2)11-6-4-5-7-11/h8-9,11H,3-7H2,1-2H3,(H,15,16). The minimum atomic E-state index is -3.52. The van der Waals surface area contributed by atoms with E-state index in [1.54, 1.807) is 19.3 Å². The van der Waals surface area contributed by atoms with Crippen molar-refractivity contribution in [3.8, 4) is 0 Å². The van der Waals surface area contributed by atoms with E-state index < -0.39 is 10.0 Å². The maximum atomic E-state index is 12.8. The molecule has 0 unspecified atom stereocenters. The summed E-state index contributed by atoms with van der Waals surface area (Å²) >= 11 is 3.30. The van der Waals surface area contributed by atoms with E-state index in [-0.39, 0.29) is 10.9 Å². The molecule has 1 aliphatic rings. The third-order valence-corrected chi connectivity index (χ3v) is 6.02. The van der Waals surface area contributed by atoms with E-state index in [2.05, 4.69) is 26.2 Å². The summed E-state index contributed by atoms with van der Waals surface area (Å²) in [5.41, 5.74) is 0. The second-order valence-electron chi connectivity index (χ2n) is 4.99. The summed E-state index contributed by atoms with van der Waals surface area (Å²) in [4.78, 5) is 4.42. The fourth-order valence-electron chi connectivity index (χ4n) is 2.54. The van der Waals surface area contributed by atoms with E-state index in [1.807, 2.05) is 6.92 Å². The molecule has 0 aliphatic heterocycles. The van der Waals surface area contributed by atoms with Gasteiger partial charge in [0.05, 0.1) is 0 Å². The maximum absolute atomic E-state index is 12.8. The molecule has 112 valence electrons. The molecule has 0 saturated heterocycles. The SMILES string of the molecule is CCNc1ncc(Br)cc1S(=O)(=O)N(C)C1CCCC1. The molecule has 1 fully saturated rings. The quantitative estimate of drug-likeness (QED) is 0.875. The number of halogens is 1. The van der Waals surface area contributed by atoms with Crippen LogP contribution in [0, 0.1) is 0 Å². The van der Waals surface area contributed by atoms with Crippen molar-refractivity contribution in [3.05, 3.63) is 16.7 Å². The molecule has 7 heteroatoms. The molecule has 1 aliphatic carbocycles. The second kappa shape index (κ2) is 6.41. The average Bonchev–Trinajstić information content (AvgIpc) is 2.94. The number of anilines is 1. The number of nitrogens with zero attached hydrogens (tertiary/aromatic N) is 2. The largest absolute Gasteiger partial charge is 0.369 e. The van der Waals surface area contributed by atoms with E-state index in [0.717, 1.165) is 25.7 Å². The van der Waals surface area contributed by atoms with Crippen molar-refractivity contribution < 1.29 is 8.42 Å². The van der Waals surface area contributed by atoms with Gasteiger partial charge in [-0.15, -0.1) is 0 Å². The van der Waals surface area contributed by atoms with Crippen LogP contribution in [-0.2, 0) is 10.0 Å². The summed E-state index contributed by atoms with van der Waals surface area (Å²) in [6.45, 7) is 2.55. The molecule has 20 heavy (non-hydrogen) atoms. The second-order valence-corrected chi connectivity index (χ2v) is 7.87. The molecule has 0 aromatic carbocycles. The highest BCUT2D eigenvalue weighted by atomic mass is 79.9. The minimum absolute atomic E-state index is 0.105. The summed E-state index contributed by atoms with van der Waals surface area (Å²) < 4.78 is 27.8. The highest BCUT2D eigenvalue weighted by Crippen LogP contribution is 2.30. The van der Waals surface area contributed by atoms with E-state index in [9.17, 15) is 8.42 Å². The van der Waals surface area contributed by atoms with Crippen molar-refractivity contribution in [1.82, 2.24) is 9.29 Å². The Hall–Kier alpha value is -0.660. The molecular formula is C13H20BrN3O2S. The van der Waals surface area contributed by atoms with Gasteiger partial charge in [0.25, 0.3) is 0 Å². The Balaban J connectivity index is 2.39. The van der Waals surface area contributed by atoms with Crippen molar-refractivity contribution in [1.29, 1.82) is 0 Å². The van der Waals surface area contributed by atoms with Crippen molar-refractivity contribution in [3.63, 3.8) is 0 Å². The number of nitrogens with one attached hydrogen (secondary N) is 1. The first kappa shape index (κ1) is 15.7. The first-order chi connectivity index (χ1) is 9.46. The number of hydrogen-bond donors (Lipinski definition) is 1. The number of aromatic nitrogens is 1. The molecule has 1 saturated carbocycles. The van der Waals surface area contributed by atoms with Crippen LogP contribution >= 0.6 is 15.9 Å². The molecular weight excluding hydrogens is 342 g/mol. The molecule has 0 amide bonds. The Kier molecular flexibility index (Phi) is 5.04. The molecule has 0 bridgehead atoms. The predicted molar refractivity (Wildman–Crippen MR) is 83.3 cm³/mol. The lowest BCUT2D eigenvalue weighted by molar-refractivity contribution is 0.373. The van der Waals surface area contributed by atoms with Gasteiger partial charge >= 0.3 is 0 Å². The molecule has 0 atom stereocenters. The fraction of sp³-hybridized carbons (Fsp3) is 0.615. The van der Waals surface area contributed by atoms with Gasteiger partial charge in [0, 0.05) is 30.3 Å².